The van der Waals surface area contributed by atoms with E-state index in [-0.39, 0.29) is 10.8 Å². The number of carboxylic acid groups (broad SMARTS) is 1. The minimum atomic E-state index is -4.27. The Labute approximate surface area is 92.5 Å². The maximum atomic E-state index is 10.9. The Morgan fingerprint density at radius 2 is 1.81 bits per heavy atom. The van der Waals surface area contributed by atoms with Crippen LogP contribution in [0.5, 0.6) is 0 Å². The number of rotatable bonds is 3. The first kappa shape index (κ1) is 12.3. The van der Waals surface area contributed by atoms with Gasteiger partial charge in [-0.15, -0.1) is 0 Å². The summed E-state index contributed by atoms with van der Waals surface area (Å²) in [6, 6.07) is 6.13. The number of benzene rings is 1. The summed E-state index contributed by atoms with van der Waals surface area (Å²) in [5, 5.41) is 13.4. The van der Waals surface area contributed by atoms with Crippen molar-refractivity contribution in [2.75, 3.05) is 5.73 Å². The van der Waals surface area contributed by atoms with E-state index in [4.69, 9.17) is 16.0 Å². The van der Waals surface area contributed by atoms with Crippen molar-refractivity contribution < 1.29 is 18.3 Å². The van der Waals surface area contributed by atoms with Crippen LogP contribution in [0.15, 0.2) is 24.3 Å². The first-order valence-electron chi connectivity index (χ1n) is 4.18. The topological polar surface area (TPSA) is 127 Å². The van der Waals surface area contributed by atoms with E-state index in [0.29, 0.717) is 11.3 Å². The van der Waals surface area contributed by atoms with Gasteiger partial charge in [0.05, 0.1) is 6.54 Å². The number of hydrogen-bond acceptors (Lipinski definition) is 4. The molecular formula is C8H11N3O4S. The van der Waals surface area contributed by atoms with E-state index in [0.717, 1.165) is 0 Å². The Kier molecular flexibility index (Phi) is 3.35. The summed E-state index contributed by atoms with van der Waals surface area (Å²) in [6.45, 7) is -0.339. The smallest absolute Gasteiger partial charge is 0.422 e. The quantitative estimate of drug-likeness (QED) is 0.643. The molecule has 0 unspecified atom stereocenters. The van der Waals surface area contributed by atoms with Crippen molar-refractivity contribution >= 4 is 22.0 Å². The van der Waals surface area contributed by atoms with Crippen molar-refractivity contribution in [3.05, 3.63) is 29.8 Å². The van der Waals surface area contributed by atoms with Gasteiger partial charge >= 0.3 is 16.3 Å². The van der Waals surface area contributed by atoms with Crippen LogP contribution in [-0.2, 0) is 16.8 Å². The molecule has 0 atom stereocenters. The molecule has 0 aliphatic rings. The fourth-order valence-electron chi connectivity index (χ4n) is 1.06. The molecule has 8 heteroatoms. The van der Waals surface area contributed by atoms with Gasteiger partial charge < -0.3 is 10.8 Å². The zero-order valence-corrected chi connectivity index (χ0v) is 9.02. The van der Waals surface area contributed by atoms with Crippen molar-refractivity contribution in [3.63, 3.8) is 0 Å². The highest BCUT2D eigenvalue weighted by Crippen LogP contribution is 2.10. The van der Waals surface area contributed by atoms with E-state index in [1.54, 1.807) is 12.1 Å². The SMILES string of the molecule is Nc1ccc(CN(C(=O)O)S(N)(=O)=O)cc1. The lowest BCUT2D eigenvalue weighted by atomic mass is 10.2. The van der Waals surface area contributed by atoms with Gasteiger partial charge in [0.2, 0.25) is 0 Å². The zero-order chi connectivity index (χ0) is 12.3. The van der Waals surface area contributed by atoms with E-state index < -0.39 is 16.3 Å². The fourth-order valence-corrected chi connectivity index (χ4v) is 1.60. The lowest BCUT2D eigenvalue weighted by molar-refractivity contribution is 0.171. The normalized spacial score (nSPS) is 11.1. The van der Waals surface area contributed by atoms with Crippen molar-refractivity contribution in [2.45, 2.75) is 6.54 Å². The third-order valence-corrected chi connectivity index (χ3v) is 2.73. The molecule has 0 spiro atoms. The number of anilines is 1. The van der Waals surface area contributed by atoms with E-state index in [2.05, 4.69) is 0 Å². The first-order chi connectivity index (χ1) is 7.30. The van der Waals surface area contributed by atoms with Gasteiger partial charge in [-0.05, 0) is 17.7 Å². The molecule has 1 aromatic rings. The third-order valence-electron chi connectivity index (χ3n) is 1.83. The standard InChI is InChI=1S/C8H11N3O4S/c9-7-3-1-6(2-4-7)5-11(8(12)13)16(10,14)15/h1-4H,5,9H2,(H,12,13)(H2,10,14,15). The second kappa shape index (κ2) is 4.37. The Hall–Kier alpha value is -1.80. The van der Waals surface area contributed by atoms with Crippen LogP contribution in [0.2, 0.25) is 0 Å². The van der Waals surface area contributed by atoms with Crippen LogP contribution in [0.1, 0.15) is 5.56 Å². The van der Waals surface area contributed by atoms with Gasteiger partial charge in [-0.3, -0.25) is 0 Å². The van der Waals surface area contributed by atoms with Crippen LogP contribution in [0.3, 0.4) is 0 Å². The third kappa shape index (κ3) is 3.11. The van der Waals surface area contributed by atoms with Gasteiger partial charge in [0.25, 0.3) is 0 Å². The highest BCUT2D eigenvalue weighted by molar-refractivity contribution is 7.87. The van der Waals surface area contributed by atoms with Gasteiger partial charge in [0, 0.05) is 5.69 Å². The van der Waals surface area contributed by atoms with Gasteiger partial charge in [0.15, 0.2) is 0 Å². The lowest BCUT2D eigenvalue weighted by Crippen LogP contribution is -2.39. The Balaban J connectivity index is 2.93. The van der Waals surface area contributed by atoms with Gasteiger partial charge in [-0.1, -0.05) is 12.1 Å². The average Bonchev–Trinajstić information content (AvgIpc) is 2.14. The molecule has 0 aliphatic carbocycles. The summed E-state index contributed by atoms with van der Waals surface area (Å²) in [5.74, 6) is 0. The number of hydrogen-bond donors (Lipinski definition) is 3. The highest BCUT2D eigenvalue weighted by atomic mass is 32.2. The summed E-state index contributed by atoms with van der Waals surface area (Å²) in [6.07, 6.45) is -1.63. The van der Waals surface area contributed by atoms with Crippen LogP contribution in [0.25, 0.3) is 0 Å². The number of nitrogens with two attached hydrogens (primary N) is 2. The van der Waals surface area contributed by atoms with Crippen LogP contribution < -0.4 is 10.9 Å². The van der Waals surface area contributed by atoms with E-state index >= 15 is 0 Å². The molecule has 1 rings (SSSR count). The minimum absolute atomic E-state index is 0.151. The second-order valence-electron chi connectivity index (χ2n) is 3.08. The Bertz CT molecular complexity index is 483. The van der Waals surface area contributed by atoms with E-state index in [1.165, 1.54) is 12.1 Å². The molecule has 0 aliphatic heterocycles. The molecule has 0 saturated heterocycles. The van der Waals surface area contributed by atoms with Crippen LogP contribution in [0, 0.1) is 0 Å². The zero-order valence-electron chi connectivity index (χ0n) is 8.20. The number of nitrogen functional groups attached to an aromatic ring is 1. The molecule has 16 heavy (non-hydrogen) atoms. The van der Waals surface area contributed by atoms with Crippen LogP contribution >= 0.6 is 0 Å². The second-order valence-corrected chi connectivity index (χ2v) is 4.55. The molecule has 1 amide bonds. The van der Waals surface area contributed by atoms with Crippen molar-refractivity contribution in [1.29, 1.82) is 0 Å². The van der Waals surface area contributed by atoms with E-state index in [1.807, 2.05) is 0 Å². The largest absolute Gasteiger partial charge is 0.464 e. The maximum absolute atomic E-state index is 10.9. The van der Waals surface area contributed by atoms with Crippen molar-refractivity contribution in [3.8, 4) is 0 Å². The predicted octanol–water partition coefficient (Wildman–Crippen LogP) is -0.0477. The fraction of sp³-hybridized carbons (Fsp3) is 0.125. The Morgan fingerprint density at radius 1 is 1.31 bits per heavy atom. The molecule has 0 heterocycles. The summed E-state index contributed by atoms with van der Waals surface area (Å²) < 4.78 is 22.0. The predicted molar refractivity (Wildman–Crippen MR) is 57.5 cm³/mol. The van der Waals surface area contributed by atoms with Gasteiger partial charge in [-0.25, -0.2) is 9.93 Å². The molecule has 7 nitrogen and oxygen atoms in total. The summed E-state index contributed by atoms with van der Waals surface area (Å²) in [5.41, 5.74) is 6.41. The van der Waals surface area contributed by atoms with Crippen LogP contribution in [0.4, 0.5) is 10.5 Å². The average molecular weight is 245 g/mol. The molecule has 0 aromatic heterocycles. The molecule has 5 N–H and O–H groups in total. The summed E-state index contributed by atoms with van der Waals surface area (Å²) >= 11 is 0. The van der Waals surface area contributed by atoms with Gasteiger partial charge in [-0.2, -0.15) is 12.7 Å². The highest BCUT2D eigenvalue weighted by Gasteiger charge is 2.23. The molecule has 0 radical (unpaired) electrons. The molecule has 0 bridgehead atoms. The monoisotopic (exact) mass is 245 g/mol. The molecule has 0 fully saturated rings. The first-order valence-corrected chi connectivity index (χ1v) is 5.69. The molecule has 0 saturated carbocycles. The minimum Gasteiger partial charge on any atom is -0.464 e. The maximum Gasteiger partial charge on any atom is 0.422 e. The molecule has 88 valence electrons. The Morgan fingerprint density at radius 3 is 2.19 bits per heavy atom. The number of nitrogens with zero attached hydrogens (tertiary/aromatic N) is 1. The van der Waals surface area contributed by atoms with Gasteiger partial charge in [0.1, 0.15) is 0 Å². The lowest BCUT2D eigenvalue weighted by Gasteiger charge is -2.15. The number of carbonyl (C=O) groups is 1. The van der Waals surface area contributed by atoms with Crippen molar-refractivity contribution in [2.24, 2.45) is 5.14 Å². The summed E-state index contributed by atoms with van der Waals surface area (Å²) in [7, 11) is -4.27. The molecular weight excluding hydrogens is 234 g/mol. The van der Waals surface area contributed by atoms with Crippen LogP contribution in [-0.4, -0.2) is 23.9 Å². The summed E-state index contributed by atoms with van der Waals surface area (Å²) in [4.78, 5) is 10.7. The number of amides is 1. The van der Waals surface area contributed by atoms with Crippen molar-refractivity contribution in [1.82, 2.24) is 4.31 Å². The molecule has 1 aromatic carbocycles. The van der Waals surface area contributed by atoms with E-state index in [9.17, 15) is 13.2 Å².